The minimum atomic E-state index is -1.51. The molecule has 2 atom stereocenters. The maximum absolute atomic E-state index is 12.9. The van der Waals surface area contributed by atoms with Crippen LogP contribution in [0.2, 0.25) is 0 Å². The minimum absolute atomic E-state index is 0.179. The molecule has 0 saturated carbocycles. The summed E-state index contributed by atoms with van der Waals surface area (Å²) < 4.78 is 22.9. The highest BCUT2D eigenvalue weighted by molar-refractivity contribution is 5.71. The number of aliphatic carboxylic acids is 1. The van der Waals surface area contributed by atoms with Crippen LogP contribution in [0, 0.1) is 0 Å². The maximum Gasteiger partial charge on any atom is 0.361 e. The summed E-state index contributed by atoms with van der Waals surface area (Å²) in [5.74, 6) is -1.99. The van der Waals surface area contributed by atoms with Gasteiger partial charge in [0.05, 0.1) is 34.4 Å². The summed E-state index contributed by atoms with van der Waals surface area (Å²) in [7, 11) is 5.98. The van der Waals surface area contributed by atoms with Crippen molar-refractivity contribution in [2.24, 2.45) is 0 Å². The molecule has 474 valence electrons. The number of carboxylic acid groups (broad SMARTS) is 1. The van der Waals surface area contributed by atoms with Gasteiger partial charge < -0.3 is 28.5 Å². The van der Waals surface area contributed by atoms with Crippen LogP contribution in [0.15, 0.2) is 12.2 Å². The van der Waals surface area contributed by atoms with Crippen LogP contribution in [0.5, 0.6) is 0 Å². The zero-order chi connectivity index (χ0) is 58.3. The summed E-state index contributed by atoms with van der Waals surface area (Å²) >= 11 is 0. The number of ether oxygens (including phenoxy) is 4. The first-order chi connectivity index (χ1) is 39.1. The fraction of sp³-hybridized carbons (Fsp3) is 0.930. The molecule has 0 fully saturated rings. The molecule has 0 bridgehead atoms. The van der Waals surface area contributed by atoms with Gasteiger partial charge >= 0.3 is 17.9 Å². The average molecular weight is 1130 g/mol. The number of esters is 2. The molecule has 9 heteroatoms. The van der Waals surface area contributed by atoms with Gasteiger partial charge in [0.25, 0.3) is 6.29 Å². The summed E-state index contributed by atoms with van der Waals surface area (Å²) in [5.41, 5.74) is 0. The Kier molecular flexibility index (Phi) is 61.5. The van der Waals surface area contributed by atoms with E-state index >= 15 is 0 Å². The van der Waals surface area contributed by atoms with E-state index in [-0.39, 0.29) is 32.2 Å². The molecule has 0 aromatic carbocycles. The standard InChI is InChI=1S/C71H137NO8/c1-6-8-10-12-14-16-18-20-22-24-25-26-27-28-29-30-31-32-33-34-35-36-37-38-39-40-41-42-43-44-45-46-48-49-51-53-55-57-59-61-68(73)78-65-67(66-79-71(70(75)76)77-64-63-72(3,4)5)80-69(74)62-60-58-56-54-52-50-47-23-21-19-17-15-13-11-9-7-2/h23,47,67,71H,6-22,24-46,48-66H2,1-5H3/p+1/b47-23-. The van der Waals surface area contributed by atoms with E-state index in [0.29, 0.717) is 23.9 Å². The van der Waals surface area contributed by atoms with Gasteiger partial charge in [0.2, 0.25) is 0 Å². The largest absolute Gasteiger partial charge is 0.477 e. The molecule has 9 nitrogen and oxygen atoms in total. The third kappa shape index (κ3) is 63.6. The van der Waals surface area contributed by atoms with Gasteiger partial charge in [-0.25, -0.2) is 4.79 Å². The number of allylic oxidation sites excluding steroid dienone is 2. The minimum Gasteiger partial charge on any atom is -0.477 e. The first kappa shape index (κ1) is 78.0. The molecular weight excluding hydrogens is 995 g/mol. The van der Waals surface area contributed by atoms with Crippen molar-refractivity contribution in [3.63, 3.8) is 0 Å². The second-order valence-corrected chi connectivity index (χ2v) is 25.6. The van der Waals surface area contributed by atoms with Crippen LogP contribution in [0.4, 0.5) is 0 Å². The fourth-order valence-electron chi connectivity index (χ4n) is 10.8. The van der Waals surface area contributed by atoms with Crippen LogP contribution in [-0.4, -0.2) is 87.4 Å². The van der Waals surface area contributed by atoms with E-state index in [9.17, 15) is 19.5 Å². The fourth-order valence-corrected chi connectivity index (χ4v) is 10.8. The smallest absolute Gasteiger partial charge is 0.361 e. The number of likely N-dealkylation sites (N-methyl/N-ethyl adjacent to an activating group) is 1. The van der Waals surface area contributed by atoms with Crippen molar-refractivity contribution in [2.75, 3.05) is 47.5 Å². The molecule has 0 aromatic rings. The number of hydrogen-bond donors (Lipinski definition) is 1. The first-order valence-electron chi connectivity index (χ1n) is 35.4. The summed E-state index contributed by atoms with van der Waals surface area (Å²) in [6.07, 6.45) is 73.6. The summed E-state index contributed by atoms with van der Waals surface area (Å²) in [6, 6.07) is 0. The van der Waals surface area contributed by atoms with E-state index in [1.807, 2.05) is 21.1 Å². The zero-order valence-corrected chi connectivity index (χ0v) is 54.3. The number of carbonyl (C=O) groups excluding carboxylic acids is 2. The van der Waals surface area contributed by atoms with Crippen molar-refractivity contribution in [1.29, 1.82) is 0 Å². The van der Waals surface area contributed by atoms with E-state index < -0.39 is 24.3 Å². The Morgan fingerprint density at radius 2 is 0.637 bits per heavy atom. The Balaban J connectivity index is 3.89. The molecule has 0 spiro atoms. The van der Waals surface area contributed by atoms with Crippen LogP contribution < -0.4 is 0 Å². The van der Waals surface area contributed by atoms with Crippen LogP contribution in [0.1, 0.15) is 367 Å². The highest BCUT2D eigenvalue weighted by atomic mass is 16.7. The Labute approximate surface area is 497 Å². The lowest BCUT2D eigenvalue weighted by Crippen LogP contribution is -2.40. The van der Waals surface area contributed by atoms with Crippen LogP contribution in [0.25, 0.3) is 0 Å². The van der Waals surface area contributed by atoms with Crippen molar-refractivity contribution >= 4 is 17.9 Å². The highest BCUT2D eigenvalue weighted by Crippen LogP contribution is 2.19. The number of unbranched alkanes of at least 4 members (excludes halogenated alkanes) is 50. The third-order valence-corrected chi connectivity index (χ3v) is 16.3. The van der Waals surface area contributed by atoms with Crippen molar-refractivity contribution in [2.45, 2.75) is 379 Å². The predicted molar refractivity (Wildman–Crippen MR) is 341 cm³/mol. The lowest BCUT2D eigenvalue weighted by Gasteiger charge is -2.25. The van der Waals surface area contributed by atoms with Gasteiger partial charge in [-0.15, -0.1) is 0 Å². The van der Waals surface area contributed by atoms with E-state index in [1.165, 1.54) is 283 Å². The third-order valence-electron chi connectivity index (χ3n) is 16.3. The molecule has 2 unspecified atom stereocenters. The molecule has 0 rings (SSSR count). The molecule has 80 heavy (non-hydrogen) atoms. The van der Waals surface area contributed by atoms with Gasteiger partial charge in [-0.05, 0) is 38.5 Å². The van der Waals surface area contributed by atoms with Crippen LogP contribution in [-0.2, 0) is 33.3 Å². The molecule has 0 saturated heterocycles. The normalized spacial score (nSPS) is 12.7. The van der Waals surface area contributed by atoms with Crippen LogP contribution in [0.3, 0.4) is 0 Å². The number of hydrogen-bond acceptors (Lipinski definition) is 7. The van der Waals surface area contributed by atoms with E-state index in [2.05, 4.69) is 26.0 Å². The molecule has 0 aliphatic heterocycles. The number of rotatable bonds is 67. The lowest BCUT2D eigenvalue weighted by molar-refractivity contribution is -0.870. The number of quaternary nitrogens is 1. The van der Waals surface area contributed by atoms with Gasteiger partial charge in [-0.2, -0.15) is 0 Å². The molecule has 0 amide bonds. The predicted octanol–water partition coefficient (Wildman–Crippen LogP) is 21.6. The van der Waals surface area contributed by atoms with Crippen molar-refractivity contribution in [3.8, 4) is 0 Å². The number of nitrogens with zero attached hydrogens (tertiary/aromatic N) is 1. The Morgan fingerprint density at radius 1 is 0.362 bits per heavy atom. The summed E-state index contributed by atoms with van der Waals surface area (Å²) in [4.78, 5) is 37.5. The summed E-state index contributed by atoms with van der Waals surface area (Å²) in [6.45, 7) is 4.93. The number of carboxylic acids is 1. The summed E-state index contributed by atoms with van der Waals surface area (Å²) in [5, 5.41) is 9.72. The Bertz CT molecular complexity index is 1320. The average Bonchev–Trinajstić information content (AvgIpc) is 3.43. The molecule has 0 heterocycles. The topological polar surface area (TPSA) is 108 Å². The second kappa shape index (κ2) is 63.1. The maximum atomic E-state index is 12.9. The van der Waals surface area contributed by atoms with Crippen molar-refractivity contribution in [3.05, 3.63) is 12.2 Å². The molecule has 1 N–H and O–H groups in total. The molecule has 0 aliphatic rings. The van der Waals surface area contributed by atoms with E-state index in [0.717, 1.165) is 51.4 Å². The van der Waals surface area contributed by atoms with Gasteiger partial charge in [-0.3, -0.25) is 9.59 Å². The van der Waals surface area contributed by atoms with E-state index in [4.69, 9.17) is 18.9 Å². The first-order valence-corrected chi connectivity index (χ1v) is 35.4. The quantitative estimate of drug-likeness (QED) is 0.0211. The van der Waals surface area contributed by atoms with Gasteiger partial charge in [0.1, 0.15) is 13.2 Å². The van der Waals surface area contributed by atoms with Crippen LogP contribution >= 0.6 is 0 Å². The number of carbonyl (C=O) groups is 3. The Morgan fingerprint density at radius 3 is 0.925 bits per heavy atom. The zero-order valence-electron chi connectivity index (χ0n) is 54.3. The SMILES string of the molecule is CCCCCCCCC/C=C\CCCCCCCC(=O)OC(COC(=O)CCCCCCCCCCCCCCCCCCCCCCCCCCCCCCCCCCCCCCCCC)COC(OCC[N+](C)(C)C)C(=O)O. The van der Waals surface area contributed by atoms with Gasteiger partial charge in [0, 0.05) is 12.8 Å². The molecular formula is C71H138NO8+. The van der Waals surface area contributed by atoms with Gasteiger partial charge in [0.15, 0.2) is 6.10 Å². The Hall–Kier alpha value is -1.97. The van der Waals surface area contributed by atoms with E-state index in [1.54, 1.807) is 0 Å². The molecule has 0 aliphatic carbocycles. The highest BCUT2D eigenvalue weighted by Gasteiger charge is 2.25. The second-order valence-electron chi connectivity index (χ2n) is 25.6. The van der Waals surface area contributed by atoms with Crippen molar-refractivity contribution in [1.82, 2.24) is 0 Å². The monoisotopic (exact) mass is 1130 g/mol. The molecule has 0 radical (unpaired) electrons. The lowest BCUT2D eigenvalue weighted by atomic mass is 10.0. The van der Waals surface area contributed by atoms with Crippen molar-refractivity contribution < 1.29 is 42.9 Å². The molecule has 0 aromatic heterocycles. The van der Waals surface area contributed by atoms with Gasteiger partial charge in [-0.1, -0.05) is 328 Å².